The summed E-state index contributed by atoms with van der Waals surface area (Å²) in [7, 11) is 0. The first-order valence-electron chi connectivity index (χ1n) is 8.35. The molecule has 0 amide bonds. The fraction of sp³-hybridized carbons (Fsp3) is 0.765. The Labute approximate surface area is 125 Å². The van der Waals surface area contributed by atoms with Crippen LogP contribution in [0.25, 0.3) is 0 Å². The zero-order valence-corrected chi connectivity index (χ0v) is 13.4. The molecule has 1 aliphatic rings. The fourth-order valence-corrected chi connectivity index (χ4v) is 2.94. The van der Waals surface area contributed by atoms with Crippen LogP contribution in [-0.2, 0) is 0 Å². The Morgan fingerprint density at radius 1 is 1.15 bits per heavy atom. The number of quaternary nitrogens is 1. The molecular weight excluding hydrogens is 248 g/mol. The van der Waals surface area contributed by atoms with E-state index in [1.54, 1.807) is 0 Å². The first-order valence-corrected chi connectivity index (χ1v) is 8.35. The molecule has 3 heteroatoms. The highest BCUT2D eigenvalue weighted by atomic mass is 16.3. The van der Waals surface area contributed by atoms with Crippen molar-refractivity contribution in [2.45, 2.75) is 65.0 Å². The maximum absolute atomic E-state index is 9.26. The van der Waals surface area contributed by atoms with Crippen molar-refractivity contribution in [1.29, 1.82) is 0 Å². The summed E-state index contributed by atoms with van der Waals surface area (Å²) >= 11 is 0. The topological polar surface area (TPSA) is 32.3 Å². The van der Waals surface area contributed by atoms with Gasteiger partial charge in [0.1, 0.15) is 12.7 Å². The van der Waals surface area contributed by atoms with E-state index in [0.717, 1.165) is 24.0 Å². The molecule has 2 unspecified atom stereocenters. The van der Waals surface area contributed by atoms with Gasteiger partial charge in [-0.3, -0.25) is 4.48 Å². The number of aliphatic hydroxyl groups excluding tert-OH is 1. The maximum Gasteiger partial charge on any atom is 0.169 e. The highest BCUT2D eigenvalue weighted by Gasteiger charge is 2.35. The van der Waals surface area contributed by atoms with E-state index in [4.69, 9.17) is 0 Å². The van der Waals surface area contributed by atoms with Crippen LogP contribution in [0.3, 0.4) is 0 Å². The summed E-state index contributed by atoms with van der Waals surface area (Å²) in [5.41, 5.74) is 0. The molecule has 0 aromatic heterocycles. The van der Waals surface area contributed by atoms with Crippen LogP contribution in [0.2, 0.25) is 0 Å². The SMILES string of the molecule is CCCCCCC/C=C/CC1NC=C[N+]1(CC)CCO. The molecule has 0 bridgehead atoms. The highest BCUT2D eigenvalue weighted by Crippen LogP contribution is 2.20. The Morgan fingerprint density at radius 2 is 1.95 bits per heavy atom. The fourth-order valence-electron chi connectivity index (χ4n) is 2.94. The molecular formula is C17H33N2O+. The summed E-state index contributed by atoms with van der Waals surface area (Å²) in [6.07, 6.45) is 18.3. The molecule has 20 heavy (non-hydrogen) atoms. The molecule has 3 nitrogen and oxygen atoms in total. The Morgan fingerprint density at radius 3 is 2.65 bits per heavy atom. The summed E-state index contributed by atoms with van der Waals surface area (Å²) in [6.45, 7) is 6.53. The number of allylic oxidation sites excluding steroid dienone is 1. The molecule has 116 valence electrons. The lowest BCUT2D eigenvalue weighted by Gasteiger charge is -2.36. The summed E-state index contributed by atoms with van der Waals surface area (Å²) < 4.78 is 0.858. The van der Waals surface area contributed by atoms with Gasteiger partial charge in [-0.25, -0.2) is 0 Å². The second-order valence-electron chi connectivity index (χ2n) is 5.77. The maximum atomic E-state index is 9.26. The minimum atomic E-state index is 0.248. The van der Waals surface area contributed by atoms with Crippen LogP contribution >= 0.6 is 0 Å². The van der Waals surface area contributed by atoms with Gasteiger partial charge < -0.3 is 10.4 Å². The molecule has 0 aromatic rings. The van der Waals surface area contributed by atoms with E-state index in [2.05, 4.69) is 37.5 Å². The summed E-state index contributed by atoms with van der Waals surface area (Å²) in [6, 6.07) is 0. The standard InChI is InChI=1S/C17H33N2O/c1-3-5-6-7-8-9-10-11-12-17-18-13-14-19(17,4-2)15-16-20/h10-11,13-14,17-18,20H,3-9,12,15-16H2,1-2H3/q+1/b11-10+. The van der Waals surface area contributed by atoms with Crippen LogP contribution in [0, 0.1) is 0 Å². The van der Waals surface area contributed by atoms with Crippen molar-refractivity contribution in [3.63, 3.8) is 0 Å². The molecule has 0 aliphatic carbocycles. The normalized spacial score (nSPS) is 25.4. The van der Waals surface area contributed by atoms with E-state index in [1.165, 1.54) is 38.5 Å². The summed E-state index contributed by atoms with van der Waals surface area (Å²) in [5.74, 6) is 0. The number of nitrogens with zero attached hydrogens (tertiary/aromatic N) is 1. The van der Waals surface area contributed by atoms with Crippen molar-refractivity contribution in [2.75, 3.05) is 19.7 Å². The number of nitrogens with one attached hydrogen (secondary N) is 1. The number of unbranched alkanes of at least 4 members (excludes halogenated alkanes) is 5. The van der Waals surface area contributed by atoms with Gasteiger partial charge in [0, 0.05) is 6.42 Å². The number of hydrogen-bond donors (Lipinski definition) is 2. The van der Waals surface area contributed by atoms with E-state index in [9.17, 15) is 5.11 Å². The molecule has 0 saturated heterocycles. The molecule has 1 rings (SSSR count). The summed E-state index contributed by atoms with van der Waals surface area (Å²) in [5, 5.41) is 12.7. The van der Waals surface area contributed by atoms with Gasteiger partial charge in [-0.15, -0.1) is 0 Å². The minimum absolute atomic E-state index is 0.248. The van der Waals surface area contributed by atoms with Gasteiger partial charge in [-0.1, -0.05) is 44.8 Å². The number of aliphatic hydroxyl groups is 1. The van der Waals surface area contributed by atoms with Crippen molar-refractivity contribution in [2.24, 2.45) is 0 Å². The van der Waals surface area contributed by atoms with Gasteiger partial charge >= 0.3 is 0 Å². The predicted octanol–water partition coefficient (Wildman–Crippen LogP) is 3.52. The average molecular weight is 281 g/mol. The molecule has 0 fully saturated rings. The van der Waals surface area contributed by atoms with E-state index < -0.39 is 0 Å². The van der Waals surface area contributed by atoms with Crippen molar-refractivity contribution < 1.29 is 9.59 Å². The van der Waals surface area contributed by atoms with Gasteiger partial charge in [0.25, 0.3) is 0 Å². The number of likely N-dealkylation sites (N-methyl/N-ethyl adjacent to an activating group) is 1. The van der Waals surface area contributed by atoms with Crippen LogP contribution in [0.5, 0.6) is 0 Å². The molecule has 1 aliphatic heterocycles. The highest BCUT2D eigenvalue weighted by molar-refractivity contribution is 4.91. The Kier molecular flexibility index (Phi) is 8.63. The molecule has 0 spiro atoms. The second kappa shape index (κ2) is 10.0. The molecule has 1 heterocycles. The van der Waals surface area contributed by atoms with Gasteiger partial charge in [-0.05, 0) is 19.8 Å². The lowest BCUT2D eigenvalue weighted by Crippen LogP contribution is -2.53. The Hall–Kier alpha value is -0.800. The molecule has 0 radical (unpaired) electrons. The second-order valence-corrected chi connectivity index (χ2v) is 5.77. The van der Waals surface area contributed by atoms with Crippen LogP contribution in [0.15, 0.2) is 24.6 Å². The van der Waals surface area contributed by atoms with Crippen LogP contribution in [-0.4, -0.2) is 35.5 Å². The third-order valence-corrected chi connectivity index (χ3v) is 4.39. The smallest absolute Gasteiger partial charge is 0.169 e. The van der Waals surface area contributed by atoms with Crippen LogP contribution in [0.4, 0.5) is 0 Å². The Balaban J connectivity index is 2.23. The molecule has 0 saturated carbocycles. The van der Waals surface area contributed by atoms with Gasteiger partial charge in [-0.2, -0.15) is 0 Å². The van der Waals surface area contributed by atoms with Crippen molar-refractivity contribution in [3.8, 4) is 0 Å². The van der Waals surface area contributed by atoms with Crippen molar-refractivity contribution in [1.82, 2.24) is 5.32 Å². The first kappa shape index (κ1) is 17.3. The monoisotopic (exact) mass is 281 g/mol. The van der Waals surface area contributed by atoms with E-state index in [1.807, 2.05) is 6.20 Å². The Bertz CT molecular complexity index is 301. The molecule has 2 N–H and O–H groups in total. The van der Waals surface area contributed by atoms with Crippen LogP contribution in [0.1, 0.15) is 58.8 Å². The van der Waals surface area contributed by atoms with Crippen LogP contribution < -0.4 is 5.32 Å². The quantitative estimate of drug-likeness (QED) is 0.345. The predicted molar refractivity (Wildman–Crippen MR) is 86.0 cm³/mol. The molecule has 0 aromatic carbocycles. The van der Waals surface area contributed by atoms with Gasteiger partial charge in [0.15, 0.2) is 6.17 Å². The third kappa shape index (κ3) is 5.29. The van der Waals surface area contributed by atoms with Gasteiger partial charge in [0.2, 0.25) is 0 Å². The zero-order valence-electron chi connectivity index (χ0n) is 13.4. The van der Waals surface area contributed by atoms with Gasteiger partial charge in [0.05, 0.1) is 19.4 Å². The largest absolute Gasteiger partial charge is 0.390 e. The lowest BCUT2D eigenvalue weighted by molar-refractivity contribution is -0.899. The average Bonchev–Trinajstić information content (AvgIpc) is 2.86. The third-order valence-electron chi connectivity index (χ3n) is 4.39. The van der Waals surface area contributed by atoms with Crippen molar-refractivity contribution >= 4 is 0 Å². The number of rotatable bonds is 11. The van der Waals surface area contributed by atoms with E-state index in [0.29, 0.717) is 6.17 Å². The lowest BCUT2D eigenvalue weighted by atomic mass is 10.1. The van der Waals surface area contributed by atoms with E-state index in [-0.39, 0.29) is 6.61 Å². The molecule has 2 atom stereocenters. The minimum Gasteiger partial charge on any atom is -0.390 e. The first-order chi connectivity index (χ1) is 9.79. The van der Waals surface area contributed by atoms with E-state index >= 15 is 0 Å². The number of hydrogen-bond acceptors (Lipinski definition) is 2. The summed E-state index contributed by atoms with van der Waals surface area (Å²) in [4.78, 5) is 0. The van der Waals surface area contributed by atoms with Crippen molar-refractivity contribution in [3.05, 3.63) is 24.6 Å². The zero-order chi connectivity index (χ0) is 14.7.